The molecule has 2 aliphatic carbocycles. The molecule has 0 heterocycles. The fourth-order valence-electron chi connectivity index (χ4n) is 3.74. The maximum absolute atomic E-state index is 11.5. The van der Waals surface area contributed by atoms with Crippen LogP contribution in [0.25, 0.3) is 0 Å². The Morgan fingerprint density at radius 2 is 1.63 bits per heavy atom. The number of carboxylic acid groups (broad SMARTS) is 1. The Morgan fingerprint density at radius 1 is 0.947 bits per heavy atom. The Hall–Kier alpha value is -1.31. The van der Waals surface area contributed by atoms with E-state index in [0.717, 1.165) is 19.3 Å². The third kappa shape index (κ3) is 2.41. The molecule has 2 aliphatic rings. The highest BCUT2D eigenvalue weighted by atomic mass is 16.4. The van der Waals surface area contributed by atoms with Crippen molar-refractivity contribution in [2.45, 2.75) is 56.8 Å². The molecule has 2 saturated carbocycles. The van der Waals surface area contributed by atoms with Gasteiger partial charge in [0.25, 0.3) is 0 Å². The van der Waals surface area contributed by atoms with Gasteiger partial charge in [0.2, 0.25) is 0 Å². The fraction of sp³-hybridized carbons (Fsp3) is 0.588. The van der Waals surface area contributed by atoms with E-state index in [1.165, 1.54) is 36.8 Å². The van der Waals surface area contributed by atoms with Crippen LogP contribution >= 0.6 is 0 Å². The van der Waals surface area contributed by atoms with Crippen LogP contribution in [0.1, 0.15) is 67.9 Å². The average molecular weight is 258 g/mol. The molecule has 2 atom stereocenters. The summed E-state index contributed by atoms with van der Waals surface area (Å²) in [6, 6.07) is 8.59. The number of hydrogen-bond acceptors (Lipinski definition) is 1. The third-order valence-corrected chi connectivity index (χ3v) is 5.02. The van der Waals surface area contributed by atoms with Gasteiger partial charge in [-0.2, -0.15) is 0 Å². The highest BCUT2D eigenvalue weighted by molar-refractivity contribution is 5.71. The minimum atomic E-state index is -0.604. The van der Waals surface area contributed by atoms with E-state index in [0.29, 0.717) is 5.92 Å². The van der Waals surface area contributed by atoms with Gasteiger partial charge in [-0.3, -0.25) is 4.79 Å². The zero-order valence-electron chi connectivity index (χ0n) is 11.3. The molecule has 2 unspecified atom stereocenters. The minimum absolute atomic E-state index is 0.171. The van der Waals surface area contributed by atoms with Gasteiger partial charge in [-0.05, 0) is 48.6 Å². The average Bonchev–Trinajstić information content (AvgIpc) is 2.37. The van der Waals surface area contributed by atoms with Crippen LogP contribution < -0.4 is 0 Å². The summed E-state index contributed by atoms with van der Waals surface area (Å²) in [4.78, 5) is 11.5. The van der Waals surface area contributed by atoms with Crippen LogP contribution in [0.4, 0.5) is 0 Å². The molecule has 1 aromatic rings. The number of carbonyl (C=O) groups is 1. The van der Waals surface area contributed by atoms with Gasteiger partial charge in [0.05, 0.1) is 5.92 Å². The summed E-state index contributed by atoms with van der Waals surface area (Å²) < 4.78 is 0. The van der Waals surface area contributed by atoms with Crippen molar-refractivity contribution in [3.05, 3.63) is 35.4 Å². The zero-order valence-corrected chi connectivity index (χ0v) is 11.3. The van der Waals surface area contributed by atoms with Gasteiger partial charge in [0.15, 0.2) is 0 Å². The minimum Gasteiger partial charge on any atom is -0.481 e. The highest BCUT2D eigenvalue weighted by Gasteiger charge is 2.34. The molecule has 2 fully saturated rings. The number of aliphatic carboxylic acids is 1. The summed E-state index contributed by atoms with van der Waals surface area (Å²) >= 11 is 0. The number of carboxylic acids is 1. The standard InChI is InChI=1S/C17H22O2/c18-17(19)16-11-4-3-10-15(16)14-9-2-1-8-13(14)12-6-5-7-12/h1-2,8-9,12,15-16H,3-7,10-11H2,(H,18,19). The van der Waals surface area contributed by atoms with E-state index < -0.39 is 5.97 Å². The maximum atomic E-state index is 11.5. The van der Waals surface area contributed by atoms with Gasteiger partial charge in [0.1, 0.15) is 0 Å². The molecule has 0 aromatic heterocycles. The van der Waals surface area contributed by atoms with Gasteiger partial charge in [-0.15, -0.1) is 0 Å². The molecule has 3 rings (SSSR count). The predicted octanol–water partition coefficient (Wildman–Crippen LogP) is 4.31. The topological polar surface area (TPSA) is 37.3 Å². The molecular weight excluding hydrogens is 236 g/mol. The van der Waals surface area contributed by atoms with Crippen molar-refractivity contribution >= 4 is 5.97 Å². The van der Waals surface area contributed by atoms with Crippen LogP contribution in [0.15, 0.2) is 24.3 Å². The molecule has 0 radical (unpaired) electrons. The van der Waals surface area contributed by atoms with Crippen molar-refractivity contribution in [2.24, 2.45) is 5.92 Å². The number of hydrogen-bond donors (Lipinski definition) is 1. The summed E-state index contributed by atoms with van der Waals surface area (Å²) in [7, 11) is 0. The van der Waals surface area contributed by atoms with E-state index in [4.69, 9.17) is 0 Å². The monoisotopic (exact) mass is 258 g/mol. The van der Waals surface area contributed by atoms with Gasteiger partial charge in [-0.1, -0.05) is 43.5 Å². The van der Waals surface area contributed by atoms with Gasteiger partial charge < -0.3 is 5.11 Å². The Bertz CT molecular complexity index is 462. The first-order chi connectivity index (χ1) is 9.27. The van der Waals surface area contributed by atoms with Crippen LogP contribution in [-0.4, -0.2) is 11.1 Å². The molecule has 19 heavy (non-hydrogen) atoms. The summed E-state index contributed by atoms with van der Waals surface area (Å²) in [5.41, 5.74) is 2.77. The van der Waals surface area contributed by atoms with Crippen LogP contribution in [-0.2, 0) is 4.79 Å². The molecule has 1 N–H and O–H groups in total. The van der Waals surface area contributed by atoms with Crippen molar-refractivity contribution in [3.63, 3.8) is 0 Å². The second kappa shape index (κ2) is 5.36. The summed E-state index contributed by atoms with van der Waals surface area (Å²) in [5, 5.41) is 9.47. The Morgan fingerprint density at radius 3 is 2.26 bits per heavy atom. The predicted molar refractivity (Wildman–Crippen MR) is 75.4 cm³/mol. The molecule has 2 heteroatoms. The molecule has 1 aromatic carbocycles. The van der Waals surface area contributed by atoms with Crippen LogP contribution in [0.5, 0.6) is 0 Å². The second-order valence-electron chi connectivity index (χ2n) is 6.09. The van der Waals surface area contributed by atoms with E-state index in [2.05, 4.69) is 24.3 Å². The van der Waals surface area contributed by atoms with Crippen molar-refractivity contribution in [3.8, 4) is 0 Å². The third-order valence-electron chi connectivity index (χ3n) is 5.02. The molecule has 0 bridgehead atoms. The summed E-state index contributed by atoms with van der Waals surface area (Å²) in [5.74, 6) is 0.152. The number of benzene rings is 1. The second-order valence-corrected chi connectivity index (χ2v) is 6.09. The van der Waals surface area contributed by atoms with Crippen molar-refractivity contribution < 1.29 is 9.90 Å². The lowest BCUT2D eigenvalue weighted by Crippen LogP contribution is -2.27. The molecule has 0 amide bonds. The normalized spacial score (nSPS) is 27.8. The van der Waals surface area contributed by atoms with Crippen molar-refractivity contribution in [2.75, 3.05) is 0 Å². The Balaban J connectivity index is 1.93. The molecule has 0 aliphatic heterocycles. The first-order valence-electron chi connectivity index (χ1n) is 7.59. The van der Waals surface area contributed by atoms with Gasteiger partial charge in [0, 0.05) is 0 Å². The first-order valence-corrected chi connectivity index (χ1v) is 7.59. The van der Waals surface area contributed by atoms with Crippen LogP contribution in [0.2, 0.25) is 0 Å². The van der Waals surface area contributed by atoms with Gasteiger partial charge in [-0.25, -0.2) is 0 Å². The molecular formula is C17H22O2. The highest BCUT2D eigenvalue weighted by Crippen LogP contribution is 2.45. The Labute approximate surface area is 114 Å². The maximum Gasteiger partial charge on any atom is 0.307 e. The fourth-order valence-corrected chi connectivity index (χ4v) is 3.74. The van der Waals surface area contributed by atoms with E-state index in [1.807, 2.05) is 0 Å². The zero-order chi connectivity index (χ0) is 13.2. The first kappa shape index (κ1) is 12.7. The lowest BCUT2D eigenvalue weighted by atomic mass is 9.70. The van der Waals surface area contributed by atoms with E-state index in [9.17, 15) is 9.90 Å². The SMILES string of the molecule is O=C(O)C1CCCCC1c1ccccc1C1CCC1. The quantitative estimate of drug-likeness (QED) is 0.877. The largest absolute Gasteiger partial charge is 0.481 e. The molecule has 2 nitrogen and oxygen atoms in total. The van der Waals surface area contributed by atoms with E-state index >= 15 is 0 Å². The van der Waals surface area contributed by atoms with Crippen molar-refractivity contribution in [1.29, 1.82) is 0 Å². The molecule has 102 valence electrons. The Kier molecular flexibility index (Phi) is 3.58. The van der Waals surface area contributed by atoms with Crippen molar-refractivity contribution in [1.82, 2.24) is 0 Å². The smallest absolute Gasteiger partial charge is 0.307 e. The lowest BCUT2D eigenvalue weighted by Gasteiger charge is -2.34. The van der Waals surface area contributed by atoms with E-state index in [-0.39, 0.29) is 11.8 Å². The summed E-state index contributed by atoms with van der Waals surface area (Å²) in [6.07, 6.45) is 8.02. The van der Waals surface area contributed by atoms with Crippen LogP contribution in [0.3, 0.4) is 0 Å². The van der Waals surface area contributed by atoms with Crippen LogP contribution in [0, 0.1) is 5.92 Å². The van der Waals surface area contributed by atoms with E-state index in [1.54, 1.807) is 0 Å². The van der Waals surface area contributed by atoms with Gasteiger partial charge >= 0.3 is 5.97 Å². The number of rotatable bonds is 3. The summed E-state index contributed by atoms with van der Waals surface area (Å²) in [6.45, 7) is 0. The lowest BCUT2D eigenvalue weighted by molar-refractivity contribution is -0.143. The molecule has 0 spiro atoms. The molecule has 0 saturated heterocycles.